The zero-order valence-corrected chi connectivity index (χ0v) is 13.6. The van der Waals surface area contributed by atoms with Crippen LogP contribution in [0.3, 0.4) is 0 Å². The minimum atomic E-state index is -0.115. The third kappa shape index (κ3) is 4.40. The lowest BCUT2D eigenvalue weighted by molar-refractivity contribution is -0.121. The molecule has 1 fully saturated rings. The Labute approximate surface area is 131 Å². The average molecular weight is 315 g/mol. The standard InChI is InChI=1S/C15H22N2OS.ClH/c1-11-8-9-16-10-13(11)17-15(18)14(19-2)12-6-4-3-5-7-12;/h3-7,11,13-14,16H,8-10H2,1-2H3,(H,17,18);1H. The van der Waals surface area contributed by atoms with Crippen LogP contribution >= 0.6 is 24.2 Å². The van der Waals surface area contributed by atoms with Crippen molar-refractivity contribution in [1.82, 2.24) is 10.6 Å². The van der Waals surface area contributed by atoms with Gasteiger partial charge in [-0.25, -0.2) is 0 Å². The molecule has 3 unspecified atom stereocenters. The molecule has 0 aromatic heterocycles. The third-order valence-corrected chi connectivity index (χ3v) is 4.69. The van der Waals surface area contributed by atoms with Crippen molar-refractivity contribution in [3.05, 3.63) is 35.9 Å². The van der Waals surface area contributed by atoms with Crippen LogP contribution in [-0.2, 0) is 4.79 Å². The van der Waals surface area contributed by atoms with E-state index in [2.05, 4.69) is 17.6 Å². The van der Waals surface area contributed by atoms with Crippen LogP contribution in [0.4, 0.5) is 0 Å². The highest BCUT2D eigenvalue weighted by atomic mass is 35.5. The predicted molar refractivity (Wildman–Crippen MR) is 88.5 cm³/mol. The molecule has 20 heavy (non-hydrogen) atoms. The summed E-state index contributed by atoms with van der Waals surface area (Å²) >= 11 is 1.59. The predicted octanol–water partition coefficient (Wildman–Crippen LogP) is 2.63. The lowest BCUT2D eigenvalue weighted by Gasteiger charge is -2.31. The fourth-order valence-electron chi connectivity index (χ4n) is 2.46. The summed E-state index contributed by atoms with van der Waals surface area (Å²) in [5.74, 6) is 0.669. The summed E-state index contributed by atoms with van der Waals surface area (Å²) in [7, 11) is 0. The second-order valence-electron chi connectivity index (χ2n) is 5.11. The number of halogens is 1. The van der Waals surface area contributed by atoms with Crippen LogP contribution in [0.25, 0.3) is 0 Å². The third-order valence-electron chi connectivity index (χ3n) is 3.73. The summed E-state index contributed by atoms with van der Waals surface area (Å²) in [5.41, 5.74) is 1.07. The van der Waals surface area contributed by atoms with E-state index in [-0.39, 0.29) is 29.6 Å². The van der Waals surface area contributed by atoms with E-state index in [1.807, 2.05) is 36.6 Å². The quantitative estimate of drug-likeness (QED) is 0.897. The SMILES string of the molecule is CSC(C(=O)NC1CNCCC1C)c1ccccc1.Cl. The molecule has 0 spiro atoms. The Morgan fingerprint density at radius 2 is 2.10 bits per heavy atom. The minimum absolute atomic E-state index is 0. The molecule has 1 aromatic carbocycles. The van der Waals surface area contributed by atoms with Crippen LogP contribution in [-0.4, -0.2) is 31.3 Å². The summed E-state index contributed by atoms with van der Waals surface area (Å²) in [4.78, 5) is 12.4. The molecule has 0 radical (unpaired) electrons. The smallest absolute Gasteiger partial charge is 0.237 e. The molecule has 2 N–H and O–H groups in total. The molecule has 1 aliphatic heterocycles. The first-order chi connectivity index (χ1) is 9.22. The van der Waals surface area contributed by atoms with Crippen molar-refractivity contribution < 1.29 is 4.79 Å². The van der Waals surface area contributed by atoms with Crippen molar-refractivity contribution in [3.63, 3.8) is 0 Å². The minimum Gasteiger partial charge on any atom is -0.351 e. The number of carbonyl (C=O) groups excluding carboxylic acids is 1. The Morgan fingerprint density at radius 1 is 1.40 bits per heavy atom. The second-order valence-corrected chi connectivity index (χ2v) is 6.05. The van der Waals surface area contributed by atoms with Gasteiger partial charge in [-0.3, -0.25) is 4.79 Å². The fourth-order valence-corrected chi connectivity index (χ4v) is 3.18. The maximum Gasteiger partial charge on any atom is 0.237 e. The highest BCUT2D eigenvalue weighted by Crippen LogP contribution is 2.27. The van der Waals surface area contributed by atoms with Crippen molar-refractivity contribution in [2.75, 3.05) is 19.3 Å². The summed E-state index contributed by atoms with van der Waals surface area (Å²) in [5, 5.41) is 6.43. The Morgan fingerprint density at radius 3 is 2.70 bits per heavy atom. The van der Waals surface area contributed by atoms with Crippen LogP contribution < -0.4 is 10.6 Å². The van der Waals surface area contributed by atoms with E-state index in [0.29, 0.717) is 5.92 Å². The average Bonchev–Trinajstić information content (AvgIpc) is 2.43. The van der Waals surface area contributed by atoms with Gasteiger partial charge in [0.05, 0.1) is 0 Å². The second kappa shape index (κ2) is 8.55. The first kappa shape index (κ1) is 17.3. The van der Waals surface area contributed by atoms with E-state index < -0.39 is 0 Å². The molecule has 1 aliphatic rings. The molecule has 1 saturated heterocycles. The normalized spacial score (nSPS) is 23.5. The fraction of sp³-hybridized carbons (Fsp3) is 0.533. The van der Waals surface area contributed by atoms with E-state index in [9.17, 15) is 4.79 Å². The van der Waals surface area contributed by atoms with Crippen LogP contribution in [0, 0.1) is 5.92 Å². The largest absolute Gasteiger partial charge is 0.351 e. The summed E-state index contributed by atoms with van der Waals surface area (Å²) < 4.78 is 0. The molecule has 0 saturated carbocycles. The van der Waals surface area contributed by atoms with E-state index in [4.69, 9.17) is 0 Å². The summed E-state index contributed by atoms with van der Waals surface area (Å²) in [6, 6.07) is 10.2. The molecule has 1 heterocycles. The monoisotopic (exact) mass is 314 g/mol. The van der Waals surface area contributed by atoms with Crippen LogP contribution in [0.5, 0.6) is 0 Å². The van der Waals surface area contributed by atoms with Gasteiger partial charge in [-0.05, 0) is 30.7 Å². The molecule has 0 aliphatic carbocycles. The Balaban J connectivity index is 0.00000200. The van der Waals surface area contributed by atoms with Crippen molar-refractivity contribution in [1.29, 1.82) is 0 Å². The highest BCUT2D eigenvalue weighted by molar-refractivity contribution is 7.99. The molecule has 1 amide bonds. The van der Waals surface area contributed by atoms with Crippen LogP contribution in [0.1, 0.15) is 24.2 Å². The van der Waals surface area contributed by atoms with Crippen molar-refractivity contribution in [3.8, 4) is 0 Å². The van der Waals surface area contributed by atoms with Gasteiger partial charge in [0.1, 0.15) is 5.25 Å². The van der Waals surface area contributed by atoms with E-state index >= 15 is 0 Å². The zero-order chi connectivity index (χ0) is 13.7. The molecule has 5 heteroatoms. The first-order valence-corrected chi connectivity index (χ1v) is 8.10. The number of rotatable bonds is 4. The van der Waals surface area contributed by atoms with Crippen LogP contribution in [0.2, 0.25) is 0 Å². The lowest BCUT2D eigenvalue weighted by atomic mass is 9.94. The number of amides is 1. The molecule has 0 bridgehead atoms. The number of hydrogen-bond donors (Lipinski definition) is 2. The number of hydrogen-bond acceptors (Lipinski definition) is 3. The van der Waals surface area contributed by atoms with Gasteiger partial charge >= 0.3 is 0 Å². The molecule has 1 aromatic rings. The summed E-state index contributed by atoms with van der Waals surface area (Å²) in [6.45, 7) is 4.14. The van der Waals surface area contributed by atoms with Gasteiger partial charge in [0, 0.05) is 12.6 Å². The van der Waals surface area contributed by atoms with Crippen molar-refractivity contribution in [2.24, 2.45) is 5.92 Å². The maximum absolute atomic E-state index is 12.4. The van der Waals surface area contributed by atoms with E-state index in [0.717, 1.165) is 25.1 Å². The van der Waals surface area contributed by atoms with Gasteiger partial charge in [0.25, 0.3) is 0 Å². The molecule has 3 atom stereocenters. The molecular weight excluding hydrogens is 292 g/mol. The number of benzene rings is 1. The van der Waals surface area contributed by atoms with Gasteiger partial charge in [-0.1, -0.05) is 37.3 Å². The highest BCUT2D eigenvalue weighted by Gasteiger charge is 2.26. The van der Waals surface area contributed by atoms with Gasteiger partial charge < -0.3 is 10.6 Å². The molecule has 3 nitrogen and oxygen atoms in total. The maximum atomic E-state index is 12.4. The molecule has 112 valence electrons. The topological polar surface area (TPSA) is 41.1 Å². The van der Waals surface area contributed by atoms with Gasteiger partial charge in [-0.2, -0.15) is 0 Å². The van der Waals surface area contributed by atoms with E-state index in [1.54, 1.807) is 11.8 Å². The zero-order valence-electron chi connectivity index (χ0n) is 12.0. The Kier molecular flexibility index (Phi) is 7.41. The molecule has 2 rings (SSSR count). The summed E-state index contributed by atoms with van der Waals surface area (Å²) in [6.07, 6.45) is 3.11. The number of thioether (sulfide) groups is 1. The lowest BCUT2D eigenvalue weighted by Crippen LogP contribution is -2.51. The van der Waals surface area contributed by atoms with Gasteiger partial charge in [-0.15, -0.1) is 24.2 Å². The first-order valence-electron chi connectivity index (χ1n) is 6.81. The van der Waals surface area contributed by atoms with Gasteiger partial charge in [0.15, 0.2) is 0 Å². The van der Waals surface area contributed by atoms with Crippen LogP contribution in [0.15, 0.2) is 30.3 Å². The van der Waals surface area contributed by atoms with Gasteiger partial charge in [0.2, 0.25) is 5.91 Å². The number of nitrogens with one attached hydrogen (secondary N) is 2. The number of piperidine rings is 1. The van der Waals surface area contributed by atoms with E-state index in [1.165, 1.54) is 0 Å². The number of carbonyl (C=O) groups is 1. The Hall–Kier alpha value is -0.710. The van der Waals surface area contributed by atoms with Crippen molar-refractivity contribution in [2.45, 2.75) is 24.6 Å². The molecular formula is C15H23ClN2OS. The van der Waals surface area contributed by atoms with Crippen molar-refractivity contribution >= 4 is 30.1 Å². The Bertz CT molecular complexity index is 416.